The van der Waals surface area contributed by atoms with E-state index in [4.69, 9.17) is 4.74 Å². The molecule has 0 aliphatic heterocycles. The number of nitrogens with two attached hydrogens (primary N) is 1. The zero-order valence-electron chi connectivity index (χ0n) is 8.65. The van der Waals surface area contributed by atoms with Gasteiger partial charge in [0.05, 0.1) is 6.10 Å². The van der Waals surface area contributed by atoms with Crippen molar-refractivity contribution in [2.45, 2.75) is 26.4 Å². The standard InChI is InChI=1S/C9H14N2O4/c1-3-6(2)15-8(13)5-4-7(12)11-9(10)14/h4-6H,3H2,1-2H3,(H3,10,11,12,14)/b5-4-. The van der Waals surface area contributed by atoms with Crippen LogP contribution in [0.1, 0.15) is 20.3 Å². The van der Waals surface area contributed by atoms with Crippen LogP contribution in [0.3, 0.4) is 0 Å². The van der Waals surface area contributed by atoms with Crippen molar-refractivity contribution in [1.29, 1.82) is 0 Å². The zero-order chi connectivity index (χ0) is 11.8. The van der Waals surface area contributed by atoms with Crippen molar-refractivity contribution in [2.75, 3.05) is 0 Å². The van der Waals surface area contributed by atoms with E-state index in [0.717, 1.165) is 12.2 Å². The number of rotatable bonds is 4. The van der Waals surface area contributed by atoms with Crippen LogP contribution in [-0.4, -0.2) is 24.0 Å². The van der Waals surface area contributed by atoms with E-state index in [-0.39, 0.29) is 6.10 Å². The van der Waals surface area contributed by atoms with Crippen LogP contribution >= 0.6 is 0 Å². The summed E-state index contributed by atoms with van der Waals surface area (Å²) in [5.41, 5.74) is 4.68. The van der Waals surface area contributed by atoms with Crippen molar-refractivity contribution < 1.29 is 19.1 Å². The lowest BCUT2D eigenvalue weighted by molar-refractivity contribution is -0.142. The van der Waals surface area contributed by atoms with Crippen LogP contribution in [0, 0.1) is 0 Å². The second-order valence-electron chi connectivity index (χ2n) is 2.84. The highest BCUT2D eigenvalue weighted by Gasteiger charge is 2.05. The quantitative estimate of drug-likeness (QED) is 0.511. The largest absolute Gasteiger partial charge is 0.460 e. The lowest BCUT2D eigenvalue weighted by Gasteiger charge is -2.07. The Kier molecular flexibility index (Phi) is 5.77. The van der Waals surface area contributed by atoms with Gasteiger partial charge in [-0.1, -0.05) is 6.92 Å². The molecule has 1 unspecified atom stereocenters. The molecule has 15 heavy (non-hydrogen) atoms. The molecule has 0 aromatic heterocycles. The average Bonchev–Trinajstić information content (AvgIpc) is 2.13. The van der Waals surface area contributed by atoms with Crippen molar-refractivity contribution in [2.24, 2.45) is 5.73 Å². The van der Waals surface area contributed by atoms with Crippen LogP contribution in [0.4, 0.5) is 4.79 Å². The van der Waals surface area contributed by atoms with E-state index >= 15 is 0 Å². The van der Waals surface area contributed by atoms with Crippen LogP contribution in [-0.2, 0) is 14.3 Å². The van der Waals surface area contributed by atoms with Gasteiger partial charge < -0.3 is 10.5 Å². The molecule has 84 valence electrons. The fourth-order valence-electron chi connectivity index (χ4n) is 0.628. The molecule has 1 atom stereocenters. The van der Waals surface area contributed by atoms with E-state index < -0.39 is 17.9 Å². The lowest BCUT2D eigenvalue weighted by Crippen LogP contribution is -2.33. The lowest BCUT2D eigenvalue weighted by atomic mass is 10.3. The maximum Gasteiger partial charge on any atom is 0.331 e. The molecular formula is C9H14N2O4. The van der Waals surface area contributed by atoms with Gasteiger partial charge in [-0.2, -0.15) is 0 Å². The first-order valence-corrected chi connectivity index (χ1v) is 4.44. The van der Waals surface area contributed by atoms with Gasteiger partial charge in [0.1, 0.15) is 0 Å². The molecule has 0 fully saturated rings. The summed E-state index contributed by atoms with van der Waals surface area (Å²) in [7, 11) is 0. The Labute approximate surface area is 87.5 Å². The number of carbonyl (C=O) groups is 3. The van der Waals surface area contributed by atoms with Crippen molar-refractivity contribution in [3.63, 3.8) is 0 Å². The Hall–Kier alpha value is -1.85. The monoisotopic (exact) mass is 214 g/mol. The molecule has 0 saturated heterocycles. The predicted molar refractivity (Wildman–Crippen MR) is 52.7 cm³/mol. The van der Waals surface area contributed by atoms with Gasteiger partial charge in [-0.15, -0.1) is 0 Å². The molecular weight excluding hydrogens is 200 g/mol. The van der Waals surface area contributed by atoms with E-state index in [0.29, 0.717) is 6.42 Å². The number of urea groups is 1. The Morgan fingerprint density at radius 1 is 1.40 bits per heavy atom. The highest BCUT2D eigenvalue weighted by Crippen LogP contribution is 1.96. The number of primary amides is 1. The molecule has 0 aliphatic carbocycles. The van der Waals surface area contributed by atoms with Crippen molar-refractivity contribution in [1.82, 2.24) is 5.32 Å². The highest BCUT2D eigenvalue weighted by atomic mass is 16.5. The van der Waals surface area contributed by atoms with Gasteiger partial charge >= 0.3 is 12.0 Å². The molecule has 0 spiro atoms. The van der Waals surface area contributed by atoms with Gasteiger partial charge in [0.25, 0.3) is 5.91 Å². The Morgan fingerprint density at radius 2 is 2.00 bits per heavy atom. The fourth-order valence-corrected chi connectivity index (χ4v) is 0.628. The molecule has 3 N–H and O–H groups in total. The van der Waals surface area contributed by atoms with Crippen molar-refractivity contribution in [3.05, 3.63) is 12.2 Å². The smallest absolute Gasteiger partial charge is 0.331 e. The number of nitrogens with one attached hydrogen (secondary N) is 1. The fraction of sp³-hybridized carbons (Fsp3) is 0.444. The minimum Gasteiger partial charge on any atom is -0.460 e. The van der Waals surface area contributed by atoms with Crippen LogP contribution in [0.25, 0.3) is 0 Å². The van der Waals surface area contributed by atoms with Gasteiger partial charge in [0.2, 0.25) is 0 Å². The molecule has 0 aromatic carbocycles. The molecule has 0 saturated carbocycles. The van der Waals surface area contributed by atoms with Crippen molar-refractivity contribution >= 4 is 17.9 Å². The van der Waals surface area contributed by atoms with E-state index in [9.17, 15) is 14.4 Å². The van der Waals surface area contributed by atoms with Crippen molar-refractivity contribution in [3.8, 4) is 0 Å². The molecule has 0 radical (unpaired) electrons. The highest BCUT2D eigenvalue weighted by molar-refractivity contribution is 6.02. The summed E-state index contributed by atoms with van der Waals surface area (Å²) in [6.07, 6.45) is 2.30. The molecule has 3 amide bonds. The molecule has 0 aliphatic rings. The molecule has 0 heterocycles. The Balaban J connectivity index is 4.00. The van der Waals surface area contributed by atoms with E-state index in [1.807, 2.05) is 6.92 Å². The predicted octanol–water partition coefficient (Wildman–Crippen LogP) is 0.0792. The molecule has 0 rings (SSSR count). The normalized spacial score (nSPS) is 12.1. The minimum atomic E-state index is -0.972. The summed E-state index contributed by atoms with van der Waals surface area (Å²) in [5, 5.41) is 1.77. The van der Waals surface area contributed by atoms with Crippen LogP contribution in [0.15, 0.2) is 12.2 Å². The second kappa shape index (κ2) is 6.58. The van der Waals surface area contributed by atoms with Gasteiger partial charge in [-0.05, 0) is 13.3 Å². The molecule has 6 heteroatoms. The van der Waals surface area contributed by atoms with Crippen LogP contribution < -0.4 is 11.1 Å². The number of esters is 1. The Morgan fingerprint density at radius 3 is 2.47 bits per heavy atom. The first-order valence-electron chi connectivity index (χ1n) is 4.44. The van der Waals surface area contributed by atoms with E-state index in [1.54, 1.807) is 12.2 Å². The third-order valence-electron chi connectivity index (χ3n) is 1.51. The summed E-state index contributed by atoms with van der Waals surface area (Å²) in [6.45, 7) is 3.59. The summed E-state index contributed by atoms with van der Waals surface area (Å²) in [5.74, 6) is -1.40. The molecule has 0 bridgehead atoms. The maximum atomic E-state index is 11.0. The Bertz CT molecular complexity index is 286. The second-order valence-corrected chi connectivity index (χ2v) is 2.84. The van der Waals surface area contributed by atoms with Gasteiger partial charge in [-0.25, -0.2) is 9.59 Å². The number of hydrogen-bond acceptors (Lipinski definition) is 4. The van der Waals surface area contributed by atoms with Crippen LogP contribution in [0.2, 0.25) is 0 Å². The number of imide groups is 1. The summed E-state index contributed by atoms with van der Waals surface area (Å²) in [4.78, 5) is 32.0. The number of ether oxygens (including phenoxy) is 1. The number of amides is 3. The summed E-state index contributed by atoms with van der Waals surface area (Å²) < 4.78 is 4.83. The van der Waals surface area contributed by atoms with Gasteiger partial charge in [-0.3, -0.25) is 10.1 Å². The summed E-state index contributed by atoms with van der Waals surface area (Å²) in [6, 6.07) is -0.972. The number of hydrogen-bond donors (Lipinski definition) is 2. The minimum absolute atomic E-state index is 0.207. The van der Waals surface area contributed by atoms with Gasteiger partial charge in [0, 0.05) is 12.2 Å². The first-order chi connectivity index (χ1) is 6.95. The SMILES string of the molecule is CCC(C)OC(=O)/C=C\C(=O)NC(N)=O. The third-order valence-corrected chi connectivity index (χ3v) is 1.51. The van der Waals surface area contributed by atoms with Gasteiger partial charge in [0.15, 0.2) is 0 Å². The molecule has 6 nitrogen and oxygen atoms in total. The topological polar surface area (TPSA) is 98.5 Å². The molecule has 0 aromatic rings. The number of carbonyl (C=O) groups excluding carboxylic acids is 3. The zero-order valence-corrected chi connectivity index (χ0v) is 8.65. The summed E-state index contributed by atoms with van der Waals surface area (Å²) >= 11 is 0. The van der Waals surface area contributed by atoms with E-state index in [1.165, 1.54) is 0 Å². The third kappa shape index (κ3) is 7.24. The first kappa shape index (κ1) is 13.2. The maximum absolute atomic E-state index is 11.0. The average molecular weight is 214 g/mol. The van der Waals surface area contributed by atoms with E-state index in [2.05, 4.69) is 5.73 Å². The van der Waals surface area contributed by atoms with Crippen LogP contribution in [0.5, 0.6) is 0 Å².